The van der Waals surface area contributed by atoms with Crippen LogP contribution in [0.15, 0.2) is 40.1 Å². The minimum atomic E-state index is -0.196. The van der Waals surface area contributed by atoms with E-state index in [-0.39, 0.29) is 17.6 Å². The van der Waals surface area contributed by atoms with Crippen molar-refractivity contribution in [3.05, 3.63) is 44.9 Å². The number of hydrogen-bond donors (Lipinski definition) is 1. The molecule has 1 fully saturated rings. The molecule has 1 aliphatic carbocycles. The van der Waals surface area contributed by atoms with Gasteiger partial charge in [0.25, 0.3) is 5.91 Å². The topological polar surface area (TPSA) is 49.4 Å². The van der Waals surface area contributed by atoms with Crippen LogP contribution in [-0.2, 0) is 9.59 Å². The van der Waals surface area contributed by atoms with Gasteiger partial charge in [0.05, 0.1) is 5.92 Å². The second kappa shape index (κ2) is 6.79. The quantitative estimate of drug-likeness (QED) is 0.878. The molecular weight excluding hydrogens is 332 g/mol. The monoisotopic (exact) mass is 356 g/mol. The van der Waals surface area contributed by atoms with Crippen LogP contribution in [0.25, 0.3) is 0 Å². The number of carbonyl (C=O) groups excluding carboxylic acids is 2. The fraction of sp³-hybridized carbons (Fsp3) is 0.500. The molecule has 0 spiro atoms. The van der Waals surface area contributed by atoms with Crippen molar-refractivity contribution in [1.29, 1.82) is 0 Å². The smallest absolute Gasteiger partial charge is 0.252 e. The van der Waals surface area contributed by atoms with Gasteiger partial charge >= 0.3 is 0 Å². The Kier molecular flexibility index (Phi) is 4.50. The molecule has 1 aromatic heterocycles. The van der Waals surface area contributed by atoms with E-state index in [1.165, 1.54) is 6.42 Å². The van der Waals surface area contributed by atoms with Gasteiger partial charge in [-0.15, -0.1) is 11.3 Å². The normalized spacial score (nSPS) is 24.3. The molecule has 5 heteroatoms. The van der Waals surface area contributed by atoms with Gasteiger partial charge in [0.1, 0.15) is 0 Å². The molecule has 1 atom stereocenters. The molecule has 4 nitrogen and oxygen atoms in total. The van der Waals surface area contributed by atoms with Crippen molar-refractivity contribution in [3.63, 3.8) is 0 Å². The predicted molar refractivity (Wildman–Crippen MR) is 99.2 cm³/mol. The van der Waals surface area contributed by atoms with E-state index in [2.05, 4.69) is 11.4 Å². The van der Waals surface area contributed by atoms with E-state index in [0.29, 0.717) is 6.42 Å². The lowest BCUT2D eigenvalue weighted by Crippen LogP contribution is -2.41. The van der Waals surface area contributed by atoms with Gasteiger partial charge in [0, 0.05) is 46.9 Å². The number of allylic oxidation sites excluding steroid dienone is 3. The number of ketones is 1. The highest BCUT2D eigenvalue weighted by Gasteiger charge is 2.40. The minimum absolute atomic E-state index is 0.105. The van der Waals surface area contributed by atoms with E-state index in [9.17, 15) is 9.59 Å². The number of amides is 1. The number of nitrogens with one attached hydrogen (secondary N) is 1. The van der Waals surface area contributed by atoms with E-state index in [0.717, 1.165) is 66.2 Å². The fourth-order valence-electron chi connectivity index (χ4n) is 4.27. The standard InChI is InChI=1S/C20H24N2O2S/c1-13-17(20(24)22-10-3-2-4-11-22)19(16-9-6-12-25-16)18-14(21-13)7-5-8-15(18)23/h6,9,12,19,21H,2-5,7-8,10-11H2,1H3/t19-/m1/s1. The highest BCUT2D eigenvalue weighted by molar-refractivity contribution is 7.10. The van der Waals surface area contributed by atoms with Crippen molar-refractivity contribution < 1.29 is 9.59 Å². The molecule has 2 aliphatic heterocycles. The van der Waals surface area contributed by atoms with Crippen molar-refractivity contribution in [2.75, 3.05) is 13.1 Å². The summed E-state index contributed by atoms with van der Waals surface area (Å²) in [5.74, 6) is 0.107. The van der Waals surface area contributed by atoms with Crippen LogP contribution in [0.5, 0.6) is 0 Å². The van der Waals surface area contributed by atoms with Gasteiger partial charge in [0.15, 0.2) is 5.78 Å². The summed E-state index contributed by atoms with van der Waals surface area (Å²) in [4.78, 5) is 29.2. The van der Waals surface area contributed by atoms with E-state index >= 15 is 0 Å². The Bertz CT molecular complexity index is 755. The maximum absolute atomic E-state index is 13.3. The summed E-state index contributed by atoms with van der Waals surface area (Å²) in [5, 5.41) is 5.44. The third-order valence-corrected chi connectivity index (χ3v) is 6.41. The zero-order chi connectivity index (χ0) is 17.4. The van der Waals surface area contributed by atoms with Gasteiger partial charge in [-0.2, -0.15) is 0 Å². The predicted octanol–water partition coefficient (Wildman–Crippen LogP) is 3.73. The number of hydrogen-bond acceptors (Lipinski definition) is 4. The molecule has 0 bridgehead atoms. The van der Waals surface area contributed by atoms with Crippen LogP contribution >= 0.6 is 11.3 Å². The van der Waals surface area contributed by atoms with Crippen molar-refractivity contribution >= 4 is 23.0 Å². The van der Waals surface area contributed by atoms with Gasteiger partial charge in [-0.25, -0.2) is 0 Å². The van der Waals surface area contributed by atoms with E-state index in [1.54, 1.807) is 11.3 Å². The summed E-state index contributed by atoms with van der Waals surface area (Å²) >= 11 is 1.64. The lowest BCUT2D eigenvalue weighted by Gasteiger charge is -2.36. The summed E-state index contributed by atoms with van der Waals surface area (Å²) in [6, 6.07) is 4.07. The molecule has 0 radical (unpaired) electrons. The summed E-state index contributed by atoms with van der Waals surface area (Å²) < 4.78 is 0. The Labute approximate surface area is 152 Å². The lowest BCUT2D eigenvalue weighted by molar-refractivity contribution is -0.128. The average molecular weight is 356 g/mol. The van der Waals surface area contributed by atoms with Crippen molar-refractivity contribution in [2.45, 2.75) is 51.4 Å². The van der Waals surface area contributed by atoms with Crippen LogP contribution in [0.1, 0.15) is 56.2 Å². The fourth-order valence-corrected chi connectivity index (χ4v) is 5.12. The summed E-state index contributed by atoms with van der Waals surface area (Å²) in [6.45, 7) is 3.64. The first kappa shape index (κ1) is 16.6. The first-order valence-corrected chi connectivity index (χ1v) is 10.1. The Morgan fingerprint density at radius 1 is 1.20 bits per heavy atom. The number of likely N-dealkylation sites (tertiary alicyclic amines) is 1. The molecule has 0 aromatic carbocycles. The molecule has 1 amide bonds. The van der Waals surface area contributed by atoms with E-state index < -0.39 is 0 Å². The molecule has 25 heavy (non-hydrogen) atoms. The first-order valence-electron chi connectivity index (χ1n) is 9.23. The third kappa shape index (κ3) is 2.95. The average Bonchev–Trinajstić information content (AvgIpc) is 3.15. The second-order valence-corrected chi connectivity index (χ2v) is 8.11. The Morgan fingerprint density at radius 3 is 2.72 bits per heavy atom. The maximum atomic E-state index is 13.3. The van der Waals surface area contributed by atoms with Crippen LogP contribution in [-0.4, -0.2) is 29.7 Å². The van der Waals surface area contributed by atoms with Crippen molar-refractivity contribution in [2.24, 2.45) is 0 Å². The Balaban J connectivity index is 1.78. The van der Waals surface area contributed by atoms with Crippen molar-refractivity contribution in [3.8, 4) is 0 Å². The number of thiophene rings is 1. The number of carbonyl (C=O) groups is 2. The number of rotatable bonds is 2. The number of nitrogens with zero attached hydrogens (tertiary/aromatic N) is 1. The first-order chi connectivity index (χ1) is 12.2. The van der Waals surface area contributed by atoms with Gasteiger partial charge in [-0.3, -0.25) is 9.59 Å². The highest BCUT2D eigenvalue weighted by Crippen LogP contribution is 2.44. The minimum Gasteiger partial charge on any atom is -0.362 e. The van der Waals surface area contributed by atoms with Crippen LogP contribution in [0.4, 0.5) is 0 Å². The Hall–Kier alpha value is -1.88. The van der Waals surface area contributed by atoms with Gasteiger partial charge < -0.3 is 10.2 Å². The SMILES string of the molecule is CC1=C(C(=O)N2CCCCC2)[C@@H](c2cccs2)C2=C(CCCC2=O)N1. The van der Waals surface area contributed by atoms with Crippen LogP contribution in [0, 0.1) is 0 Å². The molecule has 1 N–H and O–H groups in total. The number of dihydropyridines is 1. The Morgan fingerprint density at radius 2 is 2.00 bits per heavy atom. The second-order valence-electron chi connectivity index (χ2n) is 7.13. The van der Waals surface area contributed by atoms with Crippen LogP contribution in [0.2, 0.25) is 0 Å². The molecule has 3 aliphatic rings. The summed E-state index contributed by atoms with van der Waals surface area (Å²) in [7, 11) is 0. The number of piperidine rings is 1. The van der Waals surface area contributed by atoms with E-state index in [1.807, 2.05) is 23.3 Å². The molecule has 3 heterocycles. The summed E-state index contributed by atoms with van der Waals surface area (Å²) in [5.41, 5.74) is 3.56. The van der Waals surface area contributed by atoms with Crippen LogP contribution < -0.4 is 5.32 Å². The van der Waals surface area contributed by atoms with Gasteiger partial charge in [0.2, 0.25) is 0 Å². The maximum Gasteiger partial charge on any atom is 0.252 e. The molecule has 0 unspecified atom stereocenters. The molecular formula is C20H24N2O2S. The van der Waals surface area contributed by atoms with Crippen LogP contribution in [0.3, 0.4) is 0 Å². The largest absolute Gasteiger partial charge is 0.362 e. The lowest BCUT2D eigenvalue weighted by atomic mass is 9.77. The molecule has 132 valence electrons. The third-order valence-electron chi connectivity index (χ3n) is 5.48. The van der Waals surface area contributed by atoms with E-state index in [4.69, 9.17) is 0 Å². The van der Waals surface area contributed by atoms with Gasteiger partial charge in [-0.05, 0) is 50.5 Å². The molecule has 0 saturated carbocycles. The zero-order valence-corrected chi connectivity index (χ0v) is 15.5. The van der Waals surface area contributed by atoms with Gasteiger partial charge in [-0.1, -0.05) is 6.07 Å². The highest BCUT2D eigenvalue weighted by atomic mass is 32.1. The molecule has 1 aromatic rings. The molecule has 1 saturated heterocycles. The summed E-state index contributed by atoms with van der Waals surface area (Å²) in [6.07, 6.45) is 5.72. The number of Topliss-reactive ketones (excluding diaryl/α,β-unsaturated/α-hetero) is 1. The van der Waals surface area contributed by atoms with Crippen molar-refractivity contribution in [1.82, 2.24) is 10.2 Å². The zero-order valence-electron chi connectivity index (χ0n) is 14.6. The molecule has 4 rings (SSSR count).